The molecule has 0 bridgehead atoms. The molecule has 0 amide bonds. The Morgan fingerprint density at radius 2 is 1.07 bits per heavy atom. The van der Waals surface area contributed by atoms with Crippen molar-refractivity contribution in [3.05, 3.63) is 173 Å². The fourth-order valence-electron chi connectivity index (χ4n) is 5.55. The fourth-order valence-corrected chi connectivity index (χ4v) is 7.20. The van der Waals surface area contributed by atoms with Crippen LogP contribution in [0.4, 0.5) is 0 Å². The first-order chi connectivity index (χ1) is 20.8. The van der Waals surface area contributed by atoms with Gasteiger partial charge in [-0.1, -0.05) is 157 Å². The van der Waals surface area contributed by atoms with E-state index >= 15 is 0 Å². The van der Waals surface area contributed by atoms with Gasteiger partial charge in [-0.25, -0.2) is 0 Å². The van der Waals surface area contributed by atoms with E-state index in [1.54, 1.807) is 6.07 Å². The molecule has 0 aliphatic heterocycles. The van der Waals surface area contributed by atoms with Gasteiger partial charge in [-0.3, -0.25) is 0 Å². The second kappa shape index (κ2) is 13.2. The smallest absolute Gasteiger partial charge is 0.0484 e. The van der Waals surface area contributed by atoms with Crippen molar-refractivity contribution in [3.8, 4) is 33.4 Å². The molecule has 0 N–H and O–H groups in total. The lowest BCUT2D eigenvalue weighted by Gasteiger charge is -2.28. The molecule has 212 valence electrons. The molecule has 0 spiro atoms. The van der Waals surface area contributed by atoms with Crippen molar-refractivity contribution in [2.75, 3.05) is 0 Å². The lowest BCUT2D eigenvalue weighted by molar-refractivity contribution is 0.973. The molecule has 6 aromatic rings. The van der Waals surface area contributed by atoms with Gasteiger partial charge in [-0.2, -0.15) is 0 Å². The third kappa shape index (κ3) is 6.33. The largest absolute Gasteiger partial charge is 0.0843 e. The number of halogens is 6. The molecule has 6 heteroatoms. The zero-order valence-electron chi connectivity index (χ0n) is 22.5. The van der Waals surface area contributed by atoms with Crippen molar-refractivity contribution in [3.63, 3.8) is 0 Å². The summed E-state index contributed by atoms with van der Waals surface area (Å²) in [6.07, 6.45) is 0. The second-order valence-corrected chi connectivity index (χ2v) is 13.5. The highest BCUT2D eigenvalue weighted by Gasteiger charge is 2.28. The van der Waals surface area contributed by atoms with Crippen LogP contribution in [-0.2, 0) is 0 Å². The van der Waals surface area contributed by atoms with Gasteiger partial charge in [0.05, 0.1) is 0 Å². The van der Waals surface area contributed by atoms with E-state index in [-0.39, 0.29) is 5.92 Å². The normalized spacial score (nSPS) is 11.9. The standard InChI is InChI=1S/C37H22Br2Cl4/c38-24-13-9-23(10-14-24)35-31(36(28-5-1-3-7-32(28)39)30-18-17-26(41)21-34(30)43)20-19-27(22-11-15-25(40)16-12-22)37(35)29-6-2-4-8-33(29)42/h1-21,36H. The zero-order chi connectivity index (χ0) is 30.1. The van der Waals surface area contributed by atoms with E-state index < -0.39 is 0 Å². The van der Waals surface area contributed by atoms with Crippen LogP contribution in [0.1, 0.15) is 22.6 Å². The average molecular weight is 768 g/mol. The first kappa shape index (κ1) is 30.5. The van der Waals surface area contributed by atoms with Crippen molar-refractivity contribution in [2.45, 2.75) is 5.92 Å². The van der Waals surface area contributed by atoms with E-state index in [0.29, 0.717) is 20.1 Å². The van der Waals surface area contributed by atoms with Crippen molar-refractivity contribution >= 4 is 78.3 Å². The molecule has 0 aliphatic carbocycles. The molecule has 43 heavy (non-hydrogen) atoms. The van der Waals surface area contributed by atoms with Crippen molar-refractivity contribution in [1.29, 1.82) is 0 Å². The maximum absolute atomic E-state index is 6.99. The Kier molecular flexibility index (Phi) is 9.35. The summed E-state index contributed by atoms with van der Waals surface area (Å²) in [6, 6.07) is 42.6. The van der Waals surface area contributed by atoms with Crippen LogP contribution in [-0.4, -0.2) is 0 Å². The van der Waals surface area contributed by atoms with Crippen molar-refractivity contribution < 1.29 is 0 Å². The molecule has 0 saturated heterocycles. The maximum Gasteiger partial charge on any atom is 0.0484 e. The highest BCUT2D eigenvalue weighted by molar-refractivity contribution is 9.10. The summed E-state index contributed by atoms with van der Waals surface area (Å²) in [4.78, 5) is 0. The van der Waals surface area contributed by atoms with Crippen LogP contribution in [0.15, 0.2) is 136 Å². The molecule has 0 fully saturated rings. The van der Waals surface area contributed by atoms with E-state index in [9.17, 15) is 0 Å². The van der Waals surface area contributed by atoms with Crippen LogP contribution in [0.3, 0.4) is 0 Å². The second-order valence-electron chi connectivity index (χ2n) is 10.1. The fraction of sp³-hybridized carbons (Fsp3) is 0.0270. The average Bonchev–Trinajstić information content (AvgIpc) is 3.00. The van der Waals surface area contributed by atoms with Gasteiger partial charge < -0.3 is 0 Å². The summed E-state index contributed by atoms with van der Waals surface area (Å²) >= 11 is 34.1. The molecule has 0 nitrogen and oxygen atoms in total. The monoisotopic (exact) mass is 764 g/mol. The summed E-state index contributed by atoms with van der Waals surface area (Å²) in [7, 11) is 0. The van der Waals surface area contributed by atoms with Gasteiger partial charge >= 0.3 is 0 Å². The Morgan fingerprint density at radius 3 is 1.77 bits per heavy atom. The van der Waals surface area contributed by atoms with Crippen LogP contribution < -0.4 is 0 Å². The van der Waals surface area contributed by atoms with Crippen LogP contribution >= 0.6 is 78.3 Å². The van der Waals surface area contributed by atoms with Crippen LogP contribution in [0.2, 0.25) is 20.1 Å². The third-order valence-electron chi connectivity index (χ3n) is 7.47. The molecule has 0 heterocycles. The van der Waals surface area contributed by atoms with Gasteiger partial charge in [0.25, 0.3) is 0 Å². The maximum atomic E-state index is 6.99. The van der Waals surface area contributed by atoms with Gasteiger partial charge in [0.2, 0.25) is 0 Å². The first-order valence-corrected chi connectivity index (χ1v) is 16.5. The Balaban J connectivity index is 1.79. The topological polar surface area (TPSA) is 0 Å². The zero-order valence-corrected chi connectivity index (χ0v) is 28.7. The Morgan fingerprint density at radius 1 is 0.442 bits per heavy atom. The minimum absolute atomic E-state index is 0.237. The number of hydrogen-bond donors (Lipinski definition) is 0. The molecule has 0 aliphatic rings. The summed E-state index contributed by atoms with van der Waals surface area (Å²) in [6.45, 7) is 0. The highest BCUT2D eigenvalue weighted by atomic mass is 79.9. The number of hydrogen-bond acceptors (Lipinski definition) is 0. The molecular formula is C37H22Br2Cl4. The van der Waals surface area contributed by atoms with Crippen LogP contribution in [0.25, 0.3) is 33.4 Å². The quantitative estimate of drug-likeness (QED) is 0.148. The van der Waals surface area contributed by atoms with Crippen molar-refractivity contribution in [2.24, 2.45) is 0 Å². The predicted octanol–water partition coefficient (Wildman–Crippen LogP) is 14.0. The predicted molar refractivity (Wildman–Crippen MR) is 192 cm³/mol. The molecule has 6 rings (SSSR count). The van der Waals surface area contributed by atoms with Gasteiger partial charge in [-0.15, -0.1) is 0 Å². The van der Waals surface area contributed by atoms with Crippen molar-refractivity contribution in [1.82, 2.24) is 0 Å². The van der Waals surface area contributed by atoms with E-state index in [1.807, 2.05) is 66.7 Å². The molecule has 1 atom stereocenters. The highest BCUT2D eigenvalue weighted by Crippen LogP contribution is 2.50. The Hall–Kier alpha value is -2.56. The lowest BCUT2D eigenvalue weighted by atomic mass is 9.77. The molecule has 0 saturated carbocycles. The van der Waals surface area contributed by atoms with E-state index in [1.165, 1.54) is 0 Å². The van der Waals surface area contributed by atoms with Gasteiger partial charge in [-0.05, 0) is 93.0 Å². The van der Waals surface area contributed by atoms with E-state index in [2.05, 4.69) is 86.5 Å². The van der Waals surface area contributed by atoms with E-state index in [4.69, 9.17) is 46.4 Å². The number of benzene rings is 6. The Bertz CT molecular complexity index is 1930. The SMILES string of the molecule is Clc1ccc(-c2ccc(C(c3ccc(Cl)cc3Cl)c3ccccc3Br)c(-c3ccc(Br)cc3)c2-c2ccccc2Cl)cc1. The number of rotatable bonds is 6. The molecule has 0 aromatic heterocycles. The van der Waals surface area contributed by atoms with Crippen LogP contribution in [0.5, 0.6) is 0 Å². The molecule has 1 unspecified atom stereocenters. The third-order valence-corrected chi connectivity index (χ3v) is 9.86. The molecule has 6 aromatic carbocycles. The summed E-state index contributed by atoms with van der Waals surface area (Å²) in [5.74, 6) is -0.237. The van der Waals surface area contributed by atoms with Gasteiger partial charge in [0, 0.05) is 40.5 Å². The minimum atomic E-state index is -0.237. The first-order valence-electron chi connectivity index (χ1n) is 13.4. The summed E-state index contributed by atoms with van der Waals surface area (Å²) in [5, 5.41) is 2.52. The van der Waals surface area contributed by atoms with E-state index in [0.717, 1.165) is 59.0 Å². The minimum Gasteiger partial charge on any atom is -0.0843 e. The molecule has 0 radical (unpaired) electrons. The van der Waals surface area contributed by atoms with Gasteiger partial charge in [0.15, 0.2) is 0 Å². The van der Waals surface area contributed by atoms with Crippen LogP contribution in [0, 0.1) is 0 Å². The Labute approximate surface area is 288 Å². The summed E-state index contributed by atoms with van der Waals surface area (Å²) < 4.78 is 1.97. The van der Waals surface area contributed by atoms with Gasteiger partial charge in [0.1, 0.15) is 0 Å². The lowest BCUT2D eigenvalue weighted by Crippen LogP contribution is -2.08. The molecular weight excluding hydrogens is 746 g/mol. The summed E-state index contributed by atoms with van der Waals surface area (Å²) in [5.41, 5.74) is 9.23.